The Kier molecular flexibility index (Phi) is 5.50. The van der Waals surface area contributed by atoms with E-state index < -0.39 is 0 Å². The van der Waals surface area contributed by atoms with Crippen LogP contribution in [0.4, 0.5) is 10.5 Å². The van der Waals surface area contributed by atoms with E-state index in [9.17, 15) is 4.79 Å². The van der Waals surface area contributed by atoms with Crippen LogP contribution in [0.1, 0.15) is 25.7 Å². The van der Waals surface area contributed by atoms with E-state index in [-0.39, 0.29) is 18.2 Å². The first kappa shape index (κ1) is 18.1. The number of carbonyl (C=O) groups is 1. The fraction of sp³-hybridized carbons (Fsp3) is 0.381. The van der Waals surface area contributed by atoms with E-state index in [1.165, 1.54) is 6.42 Å². The van der Waals surface area contributed by atoms with E-state index in [1.54, 1.807) is 6.07 Å². The van der Waals surface area contributed by atoms with Gasteiger partial charge in [0, 0.05) is 12.2 Å². The third-order valence-corrected chi connectivity index (χ3v) is 5.48. The summed E-state index contributed by atoms with van der Waals surface area (Å²) in [6.45, 7) is 1.25. The van der Waals surface area contributed by atoms with Crippen LogP contribution in [0.2, 0.25) is 5.02 Å². The van der Waals surface area contributed by atoms with Crippen molar-refractivity contribution in [3.05, 3.63) is 53.6 Å². The van der Waals surface area contributed by atoms with Crippen molar-refractivity contribution < 1.29 is 14.3 Å². The van der Waals surface area contributed by atoms with E-state index in [2.05, 4.69) is 5.32 Å². The third-order valence-electron chi connectivity index (χ3n) is 5.16. The standard InChI is InChI=1S/C21H23ClN2O3/c22-17-5-1-3-7-19(17)27-16-11-9-15(10-12-16)23-21(25)24-13-14-26-20-8-4-2-6-18(20)24/h1,3,5,7,9-12,18,20H,2,4,6,8,13-14H2,(H,23,25)/t18-,20-/m1/s1. The Labute approximate surface area is 164 Å². The summed E-state index contributed by atoms with van der Waals surface area (Å²) in [5.74, 6) is 1.27. The molecule has 0 aromatic heterocycles. The van der Waals surface area contributed by atoms with Gasteiger partial charge in [-0.05, 0) is 49.2 Å². The summed E-state index contributed by atoms with van der Waals surface area (Å²) in [5.41, 5.74) is 0.741. The van der Waals surface area contributed by atoms with E-state index >= 15 is 0 Å². The third kappa shape index (κ3) is 4.20. The van der Waals surface area contributed by atoms with Crippen molar-refractivity contribution in [2.24, 2.45) is 0 Å². The lowest BCUT2D eigenvalue weighted by molar-refractivity contribution is -0.0694. The molecular formula is C21H23ClN2O3. The minimum atomic E-state index is -0.0602. The summed E-state index contributed by atoms with van der Waals surface area (Å²) in [6.07, 6.45) is 4.58. The molecule has 27 heavy (non-hydrogen) atoms. The Bertz CT molecular complexity index is 794. The molecule has 2 aromatic rings. The molecule has 0 bridgehead atoms. The molecule has 0 unspecified atom stereocenters. The number of hydrogen-bond acceptors (Lipinski definition) is 3. The second kappa shape index (κ2) is 8.19. The summed E-state index contributed by atoms with van der Waals surface area (Å²) in [5, 5.41) is 3.56. The SMILES string of the molecule is O=C(Nc1ccc(Oc2ccccc2Cl)cc1)N1CCO[C@@H]2CCCC[C@H]21. The van der Waals surface area contributed by atoms with Gasteiger partial charge in [0.1, 0.15) is 11.5 Å². The number of fused-ring (bicyclic) bond motifs is 1. The van der Waals surface area contributed by atoms with E-state index in [0.717, 1.165) is 24.9 Å². The highest BCUT2D eigenvalue weighted by atomic mass is 35.5. The first-order valence-corrected chi connectivity index (χ1v) is 9.80. The lowest BCUT2D eigenvalue weighted by atomic mass is 9.90. The molecule has 2 aromatic carbocycles. The average molecular weight is 387 g/mol. The van der Waals surface area contributed by atoms with Gasteiger partial charge in [0.05, 0.1) is 23.8 Å². The molecular weight excluding hydrogens is 364 g/mol. The average Bonchev–Trinajstić information content (AvgIpc) is 2.70. The zero-order valence-electron chi connectivity index (χ0n) is 15.1. The minimum Gasteiger partial charge on any atom is -0.456 e. The molecule has 1 aliphatic heterocycles. The van der Waals surface area contributed by atoms with E-state index in [0.29, 0.717) is 29.7 Å². The normalized spacial score (nSPS) is 22.0. The molecule has 2 atom stereocenters. The Morgan fingerprint density at radius 3 is 2.70 bits per heavy atom. The van der Waals surface area contributed by atoms with Gasteiger partial charge in [-0.25, -0.2) is 4.79 Å². The second-order valence-corrected chi connectivity index (χ2v) is 7.35. The molecule has 2 amide bonds. The number of amides is 2. The molecule has 1 heterocycles. The van der Waals surface area contributed by atoms with Crippen molar-refractivity contribution in [2.45, 2.75) is 37.8 Å². The molecule has 5 nitrogen and oxygen atoms in total. The quantitative estimate of drug-likeness (QED) is 0.777. The smallest absolute Gasteiger partial charge is 0.322 e. The van der Waals surface area contributed by atoms with Gasteiger partial charge in [-0.15, -0.1) is 0 Å². The van der Waals surface area contributed by atoms with Crippen LogP contribution in [-0.4, -0.2) is 36.2 Å². The Hall–Kier alpha value is -2.24. The molecule has 6 heteroatoms. The first-order chi connectivity index (χ1) is 13.2. The number of benzene rings is 2. The van der Waals surface area contributed by atoms with Crippen molar-refractivity contribution in [1.29, 1.82) is 0 Å². The molecule has 1 N–H and O–H groups in total. The molecule has 2 fully saturated rings. The van der Waals surface area contributed by atoms with Crippen LogP contribution in [0.15, 0.2) is 48.5 Å². The van der Waals surface area contributed by atoms with Crippen LogP contribution < -0.4 is 10.1 Å². The number of ether oxygens (including phenoxy) is 2. The highest BCUT2D eigenvalue weighted by Gasteiger charge is 2.36. The number of halogens is 1. The molecule has 1 saturated heterocycles. The van der Waals surface area contributed by atoms with Gasteiger partial charge in [0.2, 0.25) is 0 Å². The predicted molar refractivity (Wildman–Crippen MR) is 106 cm³/mol. The maximum absolute atomic E-state index is 12.8. The fourth-order valence-electron chi connectivity index (χ4n) is 3.80. The van der Waals surface area contributed by atoms with Gasteiger partial charge in [0.15, 0.2) is 0 Å². The monoisotopic (exact) mass is 386 g/mol. The minimum absolute atomic E-state index is 0.0602. The number of nitrogens with one attached hydrogen (secondary N) is 1. The van der Waals surface area contributed by atoms with Crippen LogP contribution in [0, 0.1) is 0 Å². The van der Waals surface area contributed by atoms with Gasteiger partial charge in [0.25, 0.3) is 0 Å². The van der Waals surface area contributed by atoms with E-state index in [1.807, 2.05) is 47.4 Å². The lowest BCUT2D eigenvalue weighted by Crippen LogP contribution is -2.55. The summed E-state index contributed by atoms with van der Waals surface area (Å²) in [6, 6.07) is 14.8. The Balaban J connectivity index is 1.39. The summed E-state index contributed by atoms with van der Waals surface area (Å²) < 4.78 is 11.6. The molecule has 2 aliphatic rings. The highest BCUT2D eigenvalue weighted by Crippen LogP contribution is 2.31. The van der Waals surface area contributed by atoms with Crippen LogP contribution in [-0.2, 0) is 4.74 Å². The van der Waals surface area contributed by atoms with Crippen LogP contribution in [0.5, 0.6) is 11.5 Å². The van der Waals surface area contributed by atoms with Crippen molar-refractivity contribution in [1.82, 2.24) is 4.90 Å². The number of anilines is 1. The number of nitrogens with zero attached hydrogens (tertiary/aromatic N) is 1. The van der Waals surface area contributed by atoms with Crippen molar-refractivity contribution in [2.75, 3.05) is 18.5 Å². The summed E-state index contributed by atoms with van der Waals surface area (Å²) in [7, 11) is 0. The number of urea groups is 1. The molecule has 4 rings (SSSR count). The number of para-hydroxylation sites is 1. The van der Waals surface area contributed by atoms with Gasteiger partial charge >= 0.3 is 6.03 Å². The number of carbonyl (C=O) groups excluding carboxylic acids is 1. The fourth-order valence-corrected chi connectivity index (χ4v) is 3.98. The largest absolute Gasteiger partial charge is 0.456 e. The summed E-state index contributed by atoms with van der Waals surface area (Å²) >= 11 is 6.12. The zero-order valence-corrected chi connectivity index (χ0v) is 15.8. The Morgan fingerprint density at radius 2 is 1.89 bits per heavy atom. The van der Waals surface area contributed by atoms with Gasteiger partial charge in [-0.3, -0.25) is 0 Å². The zero-order chi connectivity index (χ0) is 18.6. The van der Waals surface area contributed by atoms with Crippen LogP contribution >= 0.6 is 11.6 Å². The number of hydrogen-bond donors (Lipinski definition) is 1. The lowest BCUT2D eigenvalue weighted by Gasteiger charge is -2.43. The van der Waals surface area contributed by atoms with Gasteiger partial charge in [-0.1, -0.05) is 36.6 Å². The molecule has 0 radical (unpaired) electrons. The van der Waals surface area contributed by atoms with E-state index in [4.69, 9.17) is 21.1 Å². The van der Waals surface area contributed by atoms with Crippen LogP contribution in [0.25, 0.3) is 0 Å². The van der Waals surface area contributed by atoms with Gasteiger partial charge in [-0.2, -0.15) is 0 Å². The summed E-state index contributed by atoms with van der Waals surface area (Å²) in [4.78, 5) is 14.7. The Morgan fingerprint density at radius 1 is 1.11 bits per heavy atom. The molecule has 0 spiro atoms. The molecule has 142 valence electrons. The number of morpholine rings is 1. The maximum atomic E-state index is 12.8. The van der Waals surface area contributed by atoms with Crippen molar-refractivity contribution in [3.63, 3.8) is 0 Å². The van der Waals surface area contributed by atoms with Crippen LogP contribution in [0.3, 0.4) is 0 Å². The predicted octanol–water partition coefficient (Wildman–Crippen LogP) is 5.31. The highest BCUT2D eigenvalue weighted by molar-refractivity contribution is 6.32. The maximum Gasteiger partial charge on any atom is 0.322 e. The topological polar surface area (TPSA) is 50.8 Å². The second-order valence-electron chi connectivity index (χ2n) is 6.94. The van der Waals surface area contributed by atoms with Crippen molar-refractivity contribution in [3.8, 4) is 11.5 Å². The van der Waals surface area contributed by atoms with Crippen molar-refractivity contribution >= 4 is 23.3 Å². The first-order valence-electron chi connectivity index (χ1n) is 9.42. The molecule has 1 aliphatic carbocycles. The number of rotatable bonds is 3. The van der Waals surface area contributed by atoms with Gasteiger partial charge < -0.3 is 19.7 Å². The molecule has 1 saturated carbocycles.